The van der Waals surface area contributed by atoms with Crippen LogP contribution in [-0.4, -0.2) is 66.8 Å². The predicted octanol–water partition coefficient (Wildman–Crippen LogP) is 3.30. The molecule has 3 aliphatic carbocycles. The van der Waals surface area contributed by atoms with Gasteiger partial charge < -0.3 is 31.0 Å². The maximum Gasteiger partial charge on any atom is 0.481 e. The third-order valence-corrected chi connectivity index (χ3v) is 9.68. The van der Waals surface area contributed by atoms with Gasteiger partial charge in [0.1, 0.15) is 6.04 Å². The molecule has 14 heteroatoms. The van der Waals surface area contributed by atoms with Crippen molar-refractivity contribution in [3.05, 3.63) is 10.1 Å². The summed E-state index contributed by atoms with van der Waals surface area (Å²) < 4.78 is 13.2. The zero-order chi connectivity index (χ0) is 31.8. The van der Waals surface area contributed by atoms with Gasteiger partial charge in [-0.2, -0.15) is 0 Å². The molecule has 2 bridgehead atoms. The third-order valence-electron chi connectivity index (χ3n) is 9.68. The van der Waals surface area contributed by atoms with E-state index in [1.807, 2.05) is 0 Å². The Morgan fingerprint density at radius 1 is 1.12 bits per heavy atom. The minimum absolute atomic E-state index is 0.00559. The van der Waals surface area contributed by atoms with Gasteiger partial charge in [0, 0.05) is 13.1 Å². The van der Waals surface area contributed by atoms with Crippen LogP contribution in [0.5, 0.6) is 0 Å². The van der Waals surface area contributed by atoms with Gasteiger partial charge in [-0.1, -0.05) is 65.7 Å². The summed E-state index contributed by atoms with van der Waals surface area (Å²) in [6.45, 7) is 13.8. The number of unbranched alkanes of at least 4 members (excludes halogenated alkanes) is 4. The smallest absolute Gasteiger partial charge is 0.404 e. The molecule has 4 rings (SSSR count). The van der Waals surface area contributed by atoms with Crippen LogP contribution in [0.25, 0.3) is 0 Å². The molecule has 0 radical (unpaired) electrons. The summed E-state index contributed by atoms with van der Waals surface area (Å²) in [5, 5.41) is 18.6. The molecular formula is C29H54BN7O6. The molecule has 1 saturated heterocycles. The van der Waals surface area contributed by atoms with Crippen molar-refractivity contribution in [1.82, 2.24) is 21.4 Å². The highest BCUT2D eigenvalue weighted by Gasteiger charge is 2.68. The van der Waals surface area contributed by atoms with Crippen LogP contribution < -0.4 is 27.1 Å². The van der Waals surface area contributed by atoms with Gasteiger partial charge in [0.25, 0.3) is 5.96 Å². The average Bonchev–Trinajstić information content (AvgIpc) is 3.28. The van der Waals surface area contributed by atoms with Gasteiger partial charge in [0.05, 0.1) is 17.6 Å². The number of carbonyl (C=O) groups is 2. The van der Waals surface area contributed by atoms with Gasteiger partial charge >= 0.3 is 13.1 Å². The number of carbonyl (C=O) groups excluding carboxylic acids is 2. The third kappa shape index (κ3) is 9.20. The topological polar surface area (TPSA) is 182 Å². The van der Waals surface area contributed by atoms with Gasteiger partial charge in [0.2, 0.25) is 5.91 Å². The Balaban J connectivity index is 1.64. The molecule has 1 aliphatic heterocycles. The molecule has 6 N–H and O–H groups in total. The second kappa shape index (κ2) is 15.4. The SMILES string of the molecule is CCCCCCCNC(=O)N[C@@H](CCCN=C(N)N[N+](=O)[O-])C(=O)N[C@@H](CC(C)C)B1O[C@@H]2C[C@H]3C[C@H](C3(C)C)[C@]2(C)O1. The number of hydrogen-bond acceptors (Lipinski definition) is 7. The van der Waals surface area contributed by atoms with Gasteiger partial charge in [-0.15, -0.1) is 0 Å². The summed E-state index contributed by atoms with van der Waals surface area (Å²) in [5.41, 5.74) is 7.13. The quantitative estimate of drug-likeness (QED) is 0.0417. The minimum Gasteiger partial charge on any atom is -0.404 e. The van der Waals surface area contributed by atoms with Crippen LogP contribution in [0.1, 0.15) is 106 Å². The first-order valence-corrected chi connectivity index (χ1v) is 16.2. The number of guanidine groups is 1. The van der Waals surface area contributed by atoms with Crippen molar-refractivity contribution in [2.24, 2.45) is 33.9 Å². The number of hydrazine groups is 1. The molecule has 3 amide bonds. The van der Waals surface area contributed by atoms with Crippen LogP contribution in [0.4, 0.5) is 4.79 Å². The van der Waals surface area contributed by atoms with Crippen molar-refractivity contribution in [2.45, 2.75) is 129 Å². The van der Waals surface area contributed by atoms with Crippen molar-refractivity contribution in [3.63, 3.8) is 0 Å². The highest BCUT2D eigenvalue weighted by atomic mass is 16.7. The number of rotatable bonds is 17. The standard InChI is InChI=1S/C29H54BN7O6/c1-7-8-9-10-11-14-33-27(39)34-21(13-12-15-32-26(31)36-37(40)41)25(38)35-24(16-19(2)3)30-42-23-18-20-17-22(28(20,4)5)29(23,6)43-30/h19-24H,7-18H2,1-6H3,(H,35,38)(H3,31,32,36)(H2,33,34,39)/t20-,21+,22-,23-,24+,29+/m1/s1. The Morgan fingerprint density at radius 3 is 2.49 bits per heavy atom. The summed E-state index contributed by atoms with van der Waals surface area (Å²) in [5.74, 6) is 0.254. The van der Waals surface area contributed by atoms with E-state index >= 15 is 0 Å². The highest BCUT2D eigenvalue weighted by Crippen LogP contribution is 2.65. The number of nitrogens with zero attached hydrogens (tertiary/aromatic N) is 2. The van der Waals surface area contributed by atoms with Crippen molar-refractivity contribution in [2.75, 3.05) is 13.1 Å². The molecule has 0 spiro atoms. The Kier molecular flexibility index (Phi) is 12.5. The summed E-state index contributed by atoms with van der Waals surface area (Å²) in [4.78, 5) is 41.0. The molecule has 43 heavy (non-hydrogen) atoms. The fraction of sp³-hybridized carbons (Fsp3) is 0.897. The van der Waals surface area contributed by atoms with Gasteiger partial charge in [-0.25, -0.2) is 19.9 Å². The van der Waals surface area contributed by atoms with Gasteiger partial charge in [0.15, 0.2) is 5.03 Å². The number of nitro groups is 1. The lowest BCUT2D eigenvalue weighted by atomic mass is 9.43. The zero-order valence-corrected chi connectivity index (χ0v) is 26.9. The maximum absolute atomic E-state index is 13.7. The molecule has 0 aromatic carbocycles. The largest absolute Gasteiger partial charge is 0.481 e. The van der Waals surface area contributed by atoms with E-state index in [4.69, 9.17) is 15.0 Å². The summed E-state index contributed by atoms with van der Waals surface area (Å²) in [7, 11) is -0.577. The fourth-order valence-electron chi connectivity index (χ4n) is 7.13. The van der Waals surface area contributed by atoms with Gasteiger partial charge in [-0.3, -0.25) is 4.79 Å². The summed E-state index contributed by atoms with van der Waals surface area (Å²) in [6.07, 6.45) is 8.73. The number of amides is 3. The Morgan fingerprint density at radius 2 is 1.84 bits per heavy atom. The molecule has 244 valence electrons. The Labute approximate surface area is 256 Å². The van der Waals surface area contributed by atoms with Crippen LogP contribution in [0.2, 0.25) is 0 Å². The first kappa shape index (κ1) is 34.9. The van der Waals surface area contributed by atoms with Crippen molar-refractivity contribution < 1.29 is 23.9 Å². The molecule has 13 nitrogen and oxygen atoms in total. The first-order valence-electron chi connectivity index (χ1n) is 16.2. The van der Waals surface area contributed by atoms with Crippen molar-refractivity contribution >= 4 is 25.0 Å². The van der Waals surface area contributed by atoms with Crippen LogP contribution in [-0.2, 0) is 14.1 Å². The van der Waals surface area contributed by atoms with E-state index in [1.54, 1.807) is 5.43 Å². The maximum atomic E-state index is 13.7. The van der Waals surface area contributed by atoms with E-state index in [-0.39, 0.29) is 48.2 Å². The molecular weight excluding hydrogens is 553 g/mol. The van der Waals surface area contributed by atoms with E-state index < -0.39 is 29.8 Å². The second-order valence-electron chi connectivity index (χ2n) is 13.7. The Bertz CT molecular complexity index is 998. The lowest BCUT2D eigenvalue weighted by molar-refractivity contribution is -0.525. The normalized spacial score (nSPS) is 27.1. The summed E-state index contributed by atoms with van der Waals surface area (Å²) in [6, 6.07) is -1.26. The lowest BCUT2D eigenvalue weighted by Crippen LogP contribution is -2.65. The fourth-order valence-corrected chi connectivity index (χ4v) is 7.13. The molecule has 0 aromatic heterocycles. The first-order chi connectivity index (χ1) is 20.3. The molecule has 6 atom stereocenters. The number of hydrogen-bond donors (Lipinski definition) is 5. The van der Waals surface area contributed by atoms with Crippen molar-refractivity contribution in [3.8, 4) is 0 Å². The number of nitrogens with two attached hydrogens (primary N) is 1. The second-order valence-corrected chi connectivity index (χ2v) is 13.7. The lowest BCUT2D eigenvalue weighted by Gasteiger charge is -2.64. The summed E-state index contributed by atoms with van der Waals surface area (Å²) >= 11 is 0. The molecule has 0 aromatic rings. The number of nitrogens with one attached hydrogen (secondary N) is 4. The molecule has 4 aliphatic rings. The van der Waals surface area contributed by atoms with E-state index in [9.17, 15) is 19.7 Å². The van der Waals surface area contributed by atoms with Crippen LogP contribution in [0.15, 0.2) is 4.99 Å². The van der Waals surface area contributed by atoms with E-state index in [0.717, 1.165) is 38.5 Å². The van der Waals surface area contributed by atoms with Crippen molar-refractivity contribution in [1.29, 1.82) is 0 Å². The Hall–Kier alpha value is -2.61. The average molecular weight is 608 g/mol. The minimum atomic E-state index is -0.847. The zero-order valence-electron chi connectivity index (χ0n) is 26.9. The number of aliphatic imine (C=N–C) groups is 1. The van der Waals surface area contributed by atoms with E-state index in [1.165, 1.54) is 6.42 Å². The number of urea groups is 1. The molecule has 4 fully saturated rings. The van der Waals surface area contributed by atoms with E-state index in [0.29, 0.717) is 31.2 Å². The predicted molar refractivity (Wildman–Crippen MR) is 166 cm³/mol. The van der Waals surface area contributed by atoms with Gasteiger partial charge in [-0.05, 0) is 68.6 Å². The van der Waals surface area contributed by atoms with E-state index in [2.05, 4.69) is 62.5 Å². The molecule has 1 heterocycles. The van der Waals surface area contributed by atoms with Crippen LogP contribution in [0.3, 0.4) is 0 Å². The molecule has 3 saturated carbocycles. The van der Waals surface area contributed by atoms with Crippen LogP contribution >= 0.6 is 0 Å². The van der Waals surface area contributed by atoms with Crippen LogP contribution in [0, 0.1) is 33.3 Å². The monoisotopic (exact) mass is 607 g/mol. The molecule has 0 unspecified atom stereocenters. The highest BCUT2D eigenvalue weighted by molar-refractivity contribution is 6.48.